The van der Waals surface area contributed by atoms with Crippen LogP contribution in [0.3, 0.4) is 0 Å². The largest absolute Gasteiger partial charge is 0.469 e. The summed E-state index contributed by atoms with van der Waals surface area (Å²) in [6.45, 7) is 0. The first-order valence-corrected chi connectivity index (χ1v) is 7.16. The molecule has 3 atom stereocenters. The Morgan fingerprint density at radius 3 is 2.75 bits per heavy atom. The molecule has 0 N–H and O–H groups in total. The van der Waals surface area contributed by atoms with Crippen LogP contribution in [-0.2, 0) is 14.3 Å². The predicted molar refractivity (Wildman–Crippen MR) is 73.8 cm³/mol. The molecule has 2 saturated heterocycles. The molecule has 0 bridgehead atoms. The van der Waals surface area contributed by atoms with Gasteiger partial charge < -0.3 is 9.64 Å². The average Bonchev–Trinajstić information content (AvgIpc) is 2.88. The molecular formula is C16H19NO3. The van der Waals surface area contributed by atoms with E-state index in [0.717, 1.165) is 24.8 Å². The second-order valence-corrected chi connectivity index (χ2v) is 5.57. The number of rotatable bonds is 2. The van der Waals surface area contributed by atoms with Gasteiger partial charge in [-0.25, -0.2) is 0 Å². The highest BCUT2D eigenvalue weighted by atomic mass is 16.5. The molecule has 0 spiro atoms. The third-order valence-corrected chi connectivity index (χ3v) is 4.46. The number of benzene rings is 1. The van der Waals surface area contributed by atoms with Crippen molar-refractivity contribution >= 4 is 11.9 Å². The third-order valence-electron chi connectivity index (χ3n) is 4.46. The van der Waals surface area contributed by atoms with Gasteiger partial charge in [-0.3, -0.25) is 9.59 Å². The number of esters is 1. The molecule has 1 aromatic carbocycles. The molecule has 0 aliphatic carbocycles. The first-order chi connectivity index (χ1) is 9.72. The molecule has 3 rings (SSSR count). The molecule has 4 nitrogen and oxygen atoms in total. The number of amides is 1. The summed E-state index contributed by atoms with van der Waals surface area (Å²) in [4.78, 5) is 26.3. The molecule has 2 heterocycles. The quantitative estimate of drug-likeness (QED) is 0.777. The van der Waals surface area contributed by atoms with Crippen molar-refractivity contribution in [3.63, 3.8) is 0 Å². The Morgan fingerprint density at radius 2 is 2.05 bits per heavy atom. The number of piperidine rings is 1. The van der Waals surface area contributed by atoms with Gasteiger partial charge in [-0.15, -0.1) is 0 Å². The van der Waals surface area contributed by atoms with E-state index in [1.807, 2.05) is 35.2 Å². The lowest BCUT2D eigenvalue weighted by molar-refractivity contribution is -0.147. The fourth-order valence-corrected chi connectivity index (χ4v) is 3.61. The van der Waals surface area contributed by atoms with Gasteiger partial charge in [-0.1, -0.05) is 30.3 Å². The van der Waals surface area contributed by atoms with Gasteiger partial charge in [-0.2, -0.15) is 0 Å². The molecule has 0 unspecified atom stereocenters. The monoisotopic (exact) mass is 273 g/mol. The number of ether oxygens (including phenoxy) is 1. The molecule has 2 aliphatic rings. The first-order valence-electron chi connectivity index (χ1n) is 7.16. The predicted octanol–water partition coefficient (Wildman–Crippen LogP) is 2.30. The van der Waals surface area contributed by atoms with Gasteiger partial charge in [0.25, 0.3) is 0 Å². The molecule has 0 saturated carbocycles. The van der Waals surface area contributed by atoms with Crippen LogP contribution in [0.2, 0.25) is 0 Å². The minimum atomic E-state index is -0.241. The number of methoxy groups -OCH3 is 1. The molecule has 2 aliphatic heterocycles. The second kappa shape index (κ2) is 5.27. The van der Waals surface area contributed by atoms with Gasteiger partial charge in [0.2, 0.25) is 5.91 Å². The SMILES string of the molecule is COC(=O)[C@@H]1C[C@@H]2CCCC(=O)N2[C@H]1c1ccccc1. The van der Waals surface area contributed by atoms with Gasteiger partial charge in [0.05, 0.1) is 19.1 Å². The van der Waals surface area contributed by atoms with Crippen molar-refractivity contribution in [1.82, 2.24) is 4.90 Å². The Bertz CT molecular complexity index is 514. The van der Waals surface area contributed by atoms with E-state index < -0.39 is 0 Å². The topological polar surface area (TPSA) is 46.6 Å². The highest BCUT2D eigenvalue weighted by molar-refractivity contribution is 5.81. The molecule has 2 fully saturated rings. The summed E-state index contributed by atoms with van der Waals surface area (Å²) in [5.74, 6) is -0.281. The molecule has 0 aromatic heterocycles. The van der Waals surface area contributed by atoms with E-state index in [4.69, 9.17) is 4.74 Å². The maximum absolute atomic E-state index is 12.3. The van der Waals surface area contributed by atoms with Crippen LogP contribution < -0.4 is 0 Å². The fourth-order valence-electron chi connectivity index (χ4n) is 3.61. The van der Waals surface area contributed by atoms with Crippen molar-refractivity contribution in [3.8, 4) is 0 Å². The van der Waals surface area contributed by atoms with Crippen LogP contribution in [0.1, 0.15) is 37.3 Å². The van der Waals surface area contributed by atoms with E-state index in [1.165, 1.54) is 7.11 Å². The number of carbonyl (C=O) groups excluding carboxylic acids is 2. The lowest BCUT2D eigenvalue weighted by Gasteiger charge is -2.34. The zero-order valence-corrected chi connectivity index (χ0v) is 11.6. The number of carbonyl (C=O) groups is 2. The van der Waals surface area contributed by atoms with Gasteiger partial charge in [0.1, 0.15) is 0 Å². The number of nitrogens with zero attached hydrogens (tertiary/aromatic N) is 1. The Balaban J connectivity index is 1.99. The summed E-state index contributed by atoms with van der Waals surface area (Å²) in [5, 5.41) is 0. The van der Waals surface area contributed by atoms with Crippen molar-refractivity contribution in [2.45, 2.75) is 37.8 Å². The Morgan fingerprint density at radius 1 is 1.30 bits per heavy atom. The van der Waals surface area contributed by atoms with Gasteiger partial charge in [-0.05, 0) is 24.8 Å². The average molecular weight is 273 g/mol. The lowest BCUT2D eigenvalue weighted by atomic mass is 9.93. The summed E-state index contributed by atoms with van der Waals surface area (Å²) in [7, 11) is 1.42. The minimum absolute atomic E-state index is 0.165. The fraction of sp³-hybridized carbons (Fsp3) is 0.500. The van der Waals surface area contributed by atoms with Crippen LogP contribution in [0.25, 0.3) is 0 Å². The number of hydrogen-bond acceptors (Lipinski definition) is 3. The molecular weight excluding hydrogens is 254 g/mol. The van der Waals surface area contributed by atoms with Crippen molar-refractivity contribution in [1.29, 1.82) is 0 Å². The Kier molecular flexibility index (Phi) is 3.47. The third kappa shape index (κ3) is 2.09. The second-order valence-electron chi connectivity index (χ2n) is 5.57. The first kappa shape index (κ1) is 13.2. The molecule has 1 amide bonds. The van der Waals surface area contributed by atoms with Crippen LogP contribution >= 0.6 is 0 Å². The maximum Gasteiger partial charge on any atom is 0.311 e. The van der Waals surface area contributed by atoms with Gasteiger partial charge >= 0.3 is 5.97 Å². The smallest absolute Gasteiger partial charge is 0.311 e. The van der Waals surface area contributed by atoms with Crippen LogP contribution in [-0.4, -0.2) is 29.9 Å². The van der Waals surface area contributed by atoms with Crippen LogP contribution in [0.15, 0.2) is 30.3 Å². The normalized spacial score (nSPS) is 29.1. The van der Waals surface area contributed by atoms with Crippen LogP contribution in [0.5, 0.6) is 0 Å². The number of fused-ring (bicyclic) bond motifs is 1. The summed E-state index contributed by atoms with van der Waals surface area (Å²) in [6.07, 6.45) is 3.23. The van der Waals surface area contributed by atoms with E-state index in [-0.39, 0.29) is 29.9 Å². The Hall–Kier alpha value is -1.84. The minimum Gasteiger partial charge on any atom is -0.469 e. The van der Waals surface area contributed by atoms with Crippen molar-refractivity contribution in [2.75, 3.05) is 7.11 Å². The summed E-state index contributed by atoms with van der Waals surface area (Å²) in [5.41, 5.74) is 1.03. The van der Waals surface area contributed by atoms with Crippen molar-refractivity contribution < 1.29 is 14.3 Å². The summed E-state index contributed by atoms with van der Waals surface area (Å²) in [6, 6.07) is 9.85. The van der Waals surface area contributed by atoms with E-state index >= 15 is 0 Å². The molecule has 106 valence electrons. The van der Waals surface area contributed by atoms with Crippen LogP contribution in [0, 0.1) is 5.92 Å². The van der Waals surface area contributed by atoms with Crippen molar-refractivity contribution in [2.24, 2.45) is 5.92 Å². The van der Waals surface area contributed by atoms with Crippen molar-refractivity contribution in [3.05, 3.63) is 35.9 Å². The molecule has 4 heteroatoms. The summed E-state index contributed by atoms with van der Waals surface area (Å²) < 4.78 is 4.95. The molecule has 20 heavy (non-hydrogen) atoms. The van der Waals surface area contributed by atoms with E-state index in [2.05, 4.69) is 0 Å². The van der Waals surface area contributed by atoms with Gasteiger partial charge in [0.15, 0.2) is 0 Å². The number of hydrogen-bond donors (Lipinski definition) is 0. The molecule has 1 aromatic rings. The Labute approximate surface area is 118 Å². The highest BCUT2D eigenvalue weighted by Crippen LogP contribution is 2.45. The molecule has 0 radical (unpaired) electrons. The lowest BCUT2D eigenvalue weighted by Crippen LogP contribution is -2.41. The maximum atomic E-state index is 12.3. The summed E-state index contributed by atoms with van der Waals surface area (Å²) >= 11 is 0. The zero-order valence-electron chi connectivity index (χ0n) is 11.6. The standard InChI is InChI=1S/C16H19NO3/c1-20-16(19)13-10-12-8-5-9-14(18)17(12)15(13)11-6-3-2-4-7-11/h2-4,6-7,12-13,15H,5,8-10H2,1H3/t12-,13+,15-/m0/s1. The van der Waals surface area contributed by atoms with E-state index in [1.54, 1.807) is 0 Å². The van der Waals surface area contributed by atoms with Crippen LogP contribution in [0.4, 0.5) is 0 Å². The zero-order chi connectivity index (χ0) is 14.1. The van der Waals surface area contributed by atoms with Gasteiger partial charge in [0, 0.05) is 12.5 Å². The van der Waals surface area contributed by atoms with E-state index in [9.17, 15) is 9.59 Å². The highest BCUT2D eigenvalue weighted by Gasteiger charge is 2.48. The van der Waals surface area contributed by atoms with E-state index in [0.29, 0.717) is 6.42 Å².